The molecule has 0 aliphatic heterocycles. The highest BCUT2D eigenvalue weighted by molar-refractivity contribution is 7.19. The van der Waals surface area contributed by atoms with Crippen molar-refractivity contribution in [1.29, 1.82) is 0 Å². The number of rotatable bonds is 6. The first-order valence-corrected chi connectivity index (χ1v) is 8.42. The van der Waals surface area contributed by atoms with E-state index >= 15 is 0 Å². The van der Waals surface area contributed by atoms with E-state index < -0.39 is 5.97 Å². The molecule has 0 aliphatic rings. The van der Waals surface area contributed by atoms with Crippen LogP contribution in [0.5, 0.6) is 11.5 Å². The largest absolute Gasteiger partial charge is 0.493 e. The fourth-order valence-electron chi connectivity index (χ4n) is 2.50. The van der Waals surface area contributed by atoms with Gasteiger partial charge in [0.05, 0.1) is 30.9 Å². The van der Waals surface area contributed by atoms with E-state index in [-0.39, 0.29) is 6.42 Å². The van der Waals surface area contributed by atoms with Crippen LogP contribution in [0.2, 0.25) is 0 Å². The molecule has 0 unspecified atom stereocenters. The van der Waals surface area contributed by atoms with Gasteiger partial charge in [-0.15, -0.1) is 11.3 Å². The molecule has 0 aliphatic carbocycles. The number of fused-ring (bicyclic) bond motifs is 1. The topological polar surface area (TPSA) is 68.7 Å². The number of carboxylic acids is 1. The lowest BCUT2D eigenvalue weighted by atomic mass is 10.1. The molecule has 0 amide bonds. The molecule has 2 aromatic carbocycles. The average molecular weight is 355 g/mol. The highest BCUT2D eigenvalue weighted by atomic mass is 32.1. The van der Waals surface area contributed by atoms with Gasteiger partial charge in [0.2, 0.25) is 0 Å². The van der Waals surface area contributed by atoms with Crippen molar-refractivity contribution in [2.75, 3.05) is 14.2 Å². The van der Waals surface area contributed by atoms with E-state index in [1.807, 2.05) is 42.5 Å². The van der Waals surface area contributed by atoms with Crippen LogP contribution < -0.4 is 9.47 Å². The second-order valence-corrected chi connectivity index (χ2v) is 6.37. The first kappa shape index (κ1) is 17.0. The van der Waals surface area contributed by atoms with Gasteiger partial charge in [0.1, 0.15) is 5.01 Å². The van der Waals surface area contributed by atoms with Crippen LogP contribution in [0.15, 0.2) is 42.5 Å². The fraction of sp³-hybridized carbons (Fsp3) is 0.158. The molecule has 5 nitrogen and oxygen atoms in total. The van der Waals surface area contributed by atoms with E-state index in [4.69, 9.17) is 9.47 Å². The molecule has 0 saturated carbocycles. The van der Waals surface area contributed by atoms with Gasteiger partial charge in [0, 0.05) is 0 Å². The van der Waals surface area contributed by atoms with Crippen molar-refractivity contribution in [2.45, 2.75) is 6.42 Å². The van der Waals surface area contributed by atoms with E-state index in [1.54, 1.807) is 20.3 Å². The number of benzene rings is 2. The molecule has 6 heteroatoms. The molecule has 0 atom stereocenters. The number of carboxylic acid groups (broad SMARTS) is 1. The number of thiazole rings is 1. The van der Waals surface area contributed by atoms with Gasteiger partial charge in [-0.25, -0.2) is 4.98 Å². The number of methoxy groups -OCH3 is 2. The van der Waals surface area contributed by atoms with Gasteiger partial charge in [-0.05, 0) is 41.5 Å². The van der Waals surface area contributed by atoms with Crippen molar-refractivity contribution in [3.8, 4) is 11.5 Å². The number of hydrogen-bond donors (Lipinski definition) is 1. The molecular formula is C19H17NO4S. The number of nitrogens with zero attached hydrogens (tertiary/aromatic N) is 1. The van der Waals surface area contributed by atoms with Crippen LogP contribution in [-0.4, -0.2) is 30.3 Å². The van der Waals surface area contributed by atoms with Crippen LogP contribution in [0.1, 0.15) is 17.0 Å². The molecule has 25 heavy (non-hydrogen) atoms. The monoisotopic (exact) mass is 355 g/mol. The normalized spacial score (nSPS) is 11.5. The molecule has 3 rings (SSSR count). The average Bonchev–Trinajstić information content (AvgIpc) is 3.04. The molecule has 1 aromatic heterocycles. The molecule has 0 fully saturated rings. The number of ether oxygens (including phenoxy) is 2. The van der Waals surface area contributed by atoms with E-state index in [0.29, 0.717) is 22.1 Å². The maximum Gasteiger partial charge on any atom is 0.307 e. The summed E-state index contributed by atoms with van der Waals surface area (Å²) in [5.74, 6) is 0.320. The number of aliphatic carboxylic acids is 1. The van der Waals surface area contributed by atoms with E-state index in [2.05, 4.69) is 4.98 Å². The fourth-order valence-corrected chi connectivity index (χ4v) is 3.48. The van der Waals surface area contributed by atoms with E-state index in [9.17, 15) is 9.90 Å². The first-order chi connectivity index (χ1) is 12.1. The van der Waals surface area contributed by atoms with Crippen LogP contribution in [0.4, 0.5) is 0 Å². The second-order valence-electron chi connectivity index (χ2n) is 5.34. The summed E-state index contributed by atoms with van der Waals surface area (Å²) in [5, 5.41) is 9.98. The van der Waals surface area contributed by atoms with Crippen molar-refractivity contribution in [1.82, 2.24) is 4.98 Å². The first-order valence-electron chi connectivity index (χ1n) is 7.61. The predicted molar refractivity (Wildman–Crippen MR) is 99.3 cm³/mol. The summed E-state index contributed by atoms with van der Waals surface area (Å²) in [6.45, 7) is 0. The summed E-state index contributed by atoms with van der Waals surface area (Å²) in [6, 6.07) is 13.2. The number of hydrogen-bond acceptors (Lipinski definition) is 5. The minimum absolute atomic E-state index is 0.103. The quantitative estimate of drug-likeness (QED) is 0.713. The lowest BCUT2D eigenvalue weighted by Gasteiger charge is -2.08. The Hall–Kier alpha value is -2.86. The Morgan fingerprint density at radius 2 is 1.92 bits per heavy atom. The van der Waals surface area contributed by atoms with Gasteiger partial charge < -0.3 is 14.6 Å². The molecule has 0 spiro atoms. The SMILES string of the molecule is COc1ccc(/C=C(\CC(=O)O)c2nc3ccccc3s2)cc1OC. The summed E-state index contributed by atoms with van der Waals surface area (Å²) in [6.07, 6.45) is 1.72. The van der Waals surface area contributed by atoms with E-state index in [1.165, 1.54) is 11.3 Å². The molecule has 128 valence electrons. The third-order valence-electron chi connectivity index (χ3n) is 3.66. The van der Waals surface area contributed by atoms with Crippen molar-refractivity contribution in [3.63, 3.8) is 0 Å². The summed E-state index contributed by atoms with van der Waals surface area (Å²) in [4.78, 5) is 15.9. The second kappa shape index (κ2) is 7.36. The summed E-state index contributed by atoms with van der Waals surface area (Å²) < 4.78 is 11.6. The van der Waals surface area contributed by atoms with Crippen molar-refractivity contribution in [3.05, 3.63) is 53.0 Å². The Kier molecular flexibility index (Phi) is 5.00. The number of carbonyl (C=O) groups is 1. The van der Waals surface area contributed by atoms with Gasteiger partial charge in [-0.3, -0.25) is 4.79 Å². The summed E-state index contributed by atoms with van der Waals surface area (Å²) >= 11 is 1.49. The lowest BCUT2D eigenvalue weighted by molar-refractivity contribution is -0.135. The van der Waals surface area contributed by atoms with E-state index in [0.717, 1.165) is 15.8 Å². The van der Waals surface area contributed by atoms with Crippen LogP contribution >= 0.6 is 11.3 Å². The third kappa shape index (κ3) is 3.80. The lowest BCUT2D eigenvalue weighted by Crippen LogP contribution is -1.97. The Bertz CT molecular complexity index is 913. The Morgan fingerprint density at radius 3 is 2.60 bits per heavy atom. The zero-order chi connectivity index (χ0) is 17.8. The molecule has 0 radical (unpaired) electrons. The molecule has 3 aromatic rings. The highest BCUT2D eigenvalue weighted by Crippen LogP contribution is 2.32. The van der Waals surface area contributed by atoms with Crippen molar-refractivity contribution >= 4 is 39.2 Å². The van der Waals surface area contributed by atoms with Gasteiger partial charge in [-0.1, -0.05) is 18.2 Å². The van der Waals surface area contributed by atoms with Gasteiger partial charge in [0.25, 0.3) is 0 Å². The zero-order valence-corrected chi connectivity index (χ0v) is 14.7. The zero-order valence-electron chi connectivity index (χ0n) is 13.9. The van der Waals surface area contributed by atoms with Crippen molar-refractivity contribution < 1.29 is 19.4 Å². The smallest absolute Gasteiger partial charge is 0.307 e. The molecule has 1 heterocycles. The van der Waals surface area contributed by atoms with Crippen LogP contribution in [-0.2, 0) is 4.79 Å². The van der Waals surface area contributed by atoms with Gasteiger partial charge >= 0.3 is 5.97 Å². The van der Waals surface area contributed by atoms with Gasteiger partial charge in [-0.2, -0.15) is 0 Å². The van der Waals surface area contributed by atoms with Crippen LogP contribution in [0.3, 0.4) is 0 Å². The summed E-state index contributed by atoms with van der Waals surface area (Å²) in [7, 11) is 3.14. The molecule has 0 saturated heterocycles. The maximum atomic E-state index is 11.3. The Balaban J connectivity index is 2.06. The Morgan fingerprint density at radius 1 is 1.16 bits per heavy atom. The van der Waals surface area contributed by atoms with Crippen molar-refractivity contribution in [2.24, 2.45) is 0 Å². The van der Waals surface area contributed by atoms with Gasteiger partial charge in [0.15, 0.2) is 11.5 Å². The molecular weight excluding hydrogens is 338 g/mol. The van der Waals surface area contributed by atoms with Crippen LogP contribution in [0, 0.1) is 0 Å². The molecule has 0 bridgehead atoms. The number of aromatic nitrogens is 1. The summed E-state index contributed by atoms with van der Waals surface area (Å²) in [5.41, 5.74) is 2.35. The molecule has 1 N–H and O–H groups in total. The van der Waals surface area contributed by atoms with Crippen LogP contribution in [0.25, 0.3) is 21.9 Å². The predicted octanol–water partition coefficient (Wildman–Crippen LogP) is 4.33. The third-order valence-corrected chi connectivity index (χ3v) is 4.77. The minimum atomic E-state index is -0.897. The highest BCUT2D eigenvalue weighted by Gasteiger charge is 2.13. The minimum Gasteiger partial charge on any atom is -0.493 e. The standard InChI is InChI=1S/C19H17NO4S/c1-23-15-8-7-12(10-16(15)24-2)9-13(11-18(21)22)19-20-14-5-3-4-6-17(14)25-19/h3-10H,11H2,1-2H3,(H,21,22)/b13-9+. The number of para-hydroxylation sites is 1. The Labute approximate surface area is 149 Å². The maximum absolute atomic E-state index is 11.3.